The van der Waals surface area contributed by atoms with E-state index in [0.717, 1.165) is 25.1 Å². The fourth-order valence-electron chi connectivity index (χ4n) is 1.46. The van der Waals surface area contributed by atoms with Crippen LogP contribution >= 0.6 is 0 Å². The van der Waals surface area contributed by atoms with Crippen LogP contribution in [0.5, 0.6) is 5.75 Å². The molecule has 0 bridgehead atoms. The van der Waals surface area contributed by atoms with Gasteiger partial charge >= 0.3 is 0 Å². The Morgan fingerprint density at radius 1 is 1.31 bits per heavy atom. The monoisotopic (exact) mass is 223 g/mol. The van der Waals surface area contributed by atoms with Crippen LogP contribution in [0.2, 0.25) is 0 Å². The molecule has 1 atom stereocenters. The molecule has 3 heteroatoms. The van der Waals surface area contributed by atoms with Crippen molar-refractivity contribution >= 4 is 0 Å². The fourth-order valence-corrected chi connectivity index (χ4v) is 1.46. The Balaban J connectivity index is 2.00. The van der Waals surface area contributed by atoms with Crippen LogP contribution in [-0.2, 0) is 0 Å². The van der Waals surface area contributed by atoms with E-state index in [1.165, 1.54) is 0 Å². The summed E-state index contributed by atoms with van der Waals surface area (Å²) in [6.07, 6.45) is 1.64. The summed E-state index contributed by atoms with van der Waals surface area (Å²) in [5.41, 5.74) is 0. The van der Waals surface area contributed by atoms with E-state index < -0.39 is 0 Å². The van der Waals surface area contributed by atoms with Crippen LogP contribution in [0.3, 0.4) is 0 Å². The molecular formula is C13H21NO2. The lowest BCUT2D eigenvalue weighted by atomic mass is 10.2. The van der Waals surface area contributed by atoms with Crippen LogP contribution in [0.1, 0.15) is 19.8 Å². The van der Waals surface area contributed by atoms with Crippen molar-refractivity contribution in [3.63, 3.8) is 0 Å². The van der Waals surface area contributed by atoms with Crippen LogP contribution in [0, 0.1) is 0 Å². The van der Waals surface area contributed by atoms with Gasteiger partial charge in [0.15, 0.2) is 0 Å². The van der Waals surface area contributed by atoms with E-state index in [1.54, 1.807) is 0 Å². The van der Waals surface area contributed by atoms with Gasteiger partial charge in [-0.25, -0.2) is 0 Å². The minimum atomic E-state index is -0.235. The molecule has 3 nitrogen and oxygen atoms in total. The molecular weight excluding hydrogens is 202 g/mol. The van der Waals surface area contributed by atoms with Crippen molar-refractivity contribution in [3.05, 3.63) is 30.3 Å². The summed E-state index contributed by atoms with van der Waals surface area (Å²) in [6, 6.07) is 9.74. The second-order valence-electron chi connectivity index (χ2n) is 3.81. The first kappa shape index (κ1) is 13.0. The molecule has 0 saturated carbocycles. The van der Waals surface area contributed by atoms with E-state index in [4.69, 9.17) is 4.74 Å². The van der Waals surface area contributed by atoms with Gasteiger partial charge in [0.25, 0.3) is 0 Å². The molecule has 1 unspecified atom stereocenters. The van der Waals surface area contributed by atoms with Gasteiger partial charge in [-0.15, -0.1) is 0 Å². The Labute approximate surface area is 97.4 Å². The van der Waals surface area contributed by atoms with Crippen molar-refractivity contribution in [1.82, 2.24) is 5.32 Å². The first-order valence-corrected chi connectivity index (χ1v) is 5.89. The summed E-state index contributed by atoms with van der Waals surface area (Å²) in [4.78, 5) is 0. The van der Waals surface area contributed by atoms with E-state index in [0.29, 0.717) is 13.2 Å². The van der Waals surface area contributed by atoms with Crippen molar-refractivity contribution in [2.24, 2.45) is 0 Å². The lowest BCUT2D eigenvalue weighted by Crippen LogP contribution is -2.29. The second-order valence-corrected chi connectivity index (χ2v) is 3.81. The largest absolute Gasteiger partial charge is 0.492 e. The highest BCUT2D eigenvalue weighted by Gasteiger charge is 2.00. The topological polar surface area (TPSA) is 41.5 Å². The third-order valence-corrected chi connectivity index (χ3v) is 2.29. The van der Waals surface area contributed by atoms with Crippen LogP contribution in [-0.4, -0.2) is 30.9 Å². The van der Waals surface area contributed by atoms with Crippen LogP contribution in [0.4, 0.5) is 0 Å². The number of benzene rings is 1. The van der Waals surface area contributed by atoms with Crippen LogP contribution in [0.15, 0.2) is 30.3 Å². The van der Waals surface area contributed by atoms with Crippen LogP contribution < -0.4 is 10.1 Å². The molecule has 0 aromatic heterocycles. The Bertz CT molecular complexity index is 264. The maximum absolute atomic E-state index is 9.46. The van der Waals surface area contributed by atoms with Gasteiger partial charge in [0.05, 0.1) is 6.10 Å². The highest BCUT2D eigenvalue weighted by molar-refractivity contribution is 5.20. The van der Waals surface area contributed by atoms with Crippen molar-refractivity contribution in [2.75, 3.05) is 19.7 Å². The molecule has 0 spiro atoms. The number of rotatable bonds is 8. The molecule has 0 amide bonds. The molecule has 0 fully saturated rings. The minimum Gasteiger partial charge on any atom is -0.492 e. The van der Waals surface area contributed by atoms with Gasteiger partial charge in [-0.2, -0.15) is 0 Å². The zero-order valence-corrected chi connectivity index (χ0v) is 9.86. The predicted molar refractivity (Wildman–Crippen MR) is 65.7 cm³/mol. The van der Waals surface area contributed by atoms with E-state index in [9.17, 15) is 5.11 Å². The zero-order valence-electron chi connectivity index (χ0n) is 9.86. The van der Waals surface area contributed by atoms with Gasteiger partial charge in [0.1, 0.15) is 12.4 Å². The molecule has 0 aliphatic carbocycles. The van der Waals surface area contributed by atoms with Gasteiger partial charge in [0, 0.05) is 13.1 Å². The number of aliphatic hydroxyl groups is 1. The Kier molecular flexibility index (Phi) is 6.61. The van der Waals surface area contributed by atoms with Gasteiger partial charge in [-0.05, 0) is 18.6 Å². The van der Waals surface area contributed by atoms with E-state index in [-0.39, 0.29) is 6.10 Å². The number of aliphatic hydroxyl groups excluding tert-OH is 1. The third kappa shape index (κ3) is 5.73. The Hall–Kier alpha value is -1.06. The number of hydrogen-bond acceptors (Lipinski definition) is 3. The molecule has 90 valence electrons. The number of para-hydroxylation sites is 1. The summed E-state index contributed by atoms with van der Waals surface area (Å²) in [7, 11) is 0. The first-order valence-electron chi connectivity index (χ1n) is 5.89. The van der Waals surface area contributed by atoms with Gasteiger partial charge in [-0.3, -0.25) is 0 Å². The molecule has 1 aromatic rings. The smallest absolute Gasteiger partial charge is 0.119 e. The summed E-state index contributed by atoms with van der Waals surface area (Å²) in [6.45, 7) is 4.10. The van der Waals surface area contributed by atoms with Gasteiger partial charge in [-0.1, -0.05) is 31.5 Å². The molecule has 0 aliphatic heterocycles. The second kappa shape index (κ2) is 8.13. The summed E-state index contributed by atoms with van der Waals surface area (Å²) in [5, 5.41) is 12.6. The molecule has 1 aromatic carbocycles. The molecule has 2 N–H and O–H groups in total. The highest BCUT2D eigenvalue weighted by Crippen LogP contribution is 2.07. The lowest BCUT2D eigenvalue weighted by molar-refractivity contribution is 0.158. The van der Waals surface area contributed by atoms with Gasteiger partial charge in [0.2, 0.25) is 0 Å². The van der Waals surface area contributed by atoms with Crippen molar-refractivity contribution in [1.29, 1.82) is 0 Å². The predicted octanol–water partition coefficient (Wildman–Crippen LogP) is 1.82. The zero-order chi connectivity index (χ0) is 11.6. The van der Waals surface area contributed by atoms with E-state index in [2.05, 4.69) is 12.2 Å². The summed E-state index contributed by atoms with van der Waals surface area (Å²) < 4.78 is 5.50. The van der Waals surface area contributed by atoms with Crippen LogP contribution in [0.25, 0.3) is 0 Å². The maximum Gasteiger partial charge on any atom is 0.119 e. The van der Waals surface area contributed by atoms with Crippen molar-refractivity contribution in [3.8, 4) is 5.75 Å². The van der Waals surface area contributed by atoms with E-state index in [1.807, 2.05) is 30.3 Å². The lowest BCUT2D eigenvalue weighted by Gasteiger charge is -2.11. The molecule has 0 aliphatic rings. The summed E-state index contributed by atoms with van der Waals surface area (Å²) in [5.74, 6) is 0.887. The maximum atomic E-state index is 9.46. The summed E-state index contributed by atoms with van der Waals surface area (Å²) >= 11 is 0. The third-order valence-electron chi connectivity index (χ3n) is 2.29. The molecule has 0 radical (unpaired) electrons. The Morgan fingerprint density at radius 3 is 2.75 bits per heavy atom. The van der Waals surface area contributed by atoms with E-state index >= 15 is 0 Å². The molecule has 16 heavy (non-hydrogen) atoms. The van der Waals surface area contributed by atoms with Gasteiger partial charge < -0.3 is 15.2 Å². The minimum absolute atomic E-state index is 0.235. The molecule has 0 saturated heterocycles. The quantitative estimate of drug-likeness (QED) is 0.660. The average molecular weight is 223 g/mol. The van der Waals surface area contributed by atoms with Crippen molar-refractivity contribution in [2.45, 2.75) is 25.9 Å². The number of ether oxygens (including phenoxy) is 1. The SMILES string of the molecule is CCCC(O)CNCCOc1ccccc1. The Morgan fingerprint density at radius 2 is 2.06 bits per heavy atom. The highest BCUT2D eigenvalue weighted by atomic mass is 16.5. The number of nitrogens with one attached hydrogen (secondary N) is 1. The molecule has 0 heterocycles. The van der Waals surface area contributed by atoms with Crippen molar-refractivity contribution < 1.29 is 9.84 Å². The average Bonchev–Trinajstić information content (AvgIpc) is 2.30. The normalized spacial score (nSPS) is 12.4. The number of hydrogen-bond donors (Lipinski definition) is 2. The standard InChI is InChI=1S/C13H21NO2/c1-2-6-12(15)11-14-9-10-16-13-7-4-3-5-8-13/h3-5,7-8,12,14-15H,2,6,9-11H2,1H3. The molecule has 1 rings (SSSR count). The first-order chi connectivity index (χ1) is 7.83. The fraction of sp³-hybridized carbons (Fsp3) is 0.538.